The van der Waals surface area contributed by atoms with Crippen LogP contribution in [0.25, 0.3) is 0 Å². The SMILES string of the molecule is Cc1cccc(N2CCN(c3nc(C)cc(C(=O)NC4CCCC4)n3)CC2)c1. The van der Waals surface area contributed by atoms with E-state index in [1.807, 2.05) is 6.92 Å². The minimum absolute atomic E-state index is 0.0722. The number of aromatic nitrogens is 2. The first kappa shape index (κ1) is 18.7. The highest BCUT2D eigenvalue weighted by Gasteiger charge is 2.23. The van der Waals surface area contributed by atoms with Gasteiger partial charge in [-0.25, -0.2) is 9.97 Å². The lowest BCUT2D eigenvalue weighted by atomic mass is 10.2. The van der Waals surface area contributed by atoms with Gasteiger partial charge in [0.1, 0.15) is 5.69 Å². The van der Waals surface area contributed by atoms with Crippen LogP contribution in [-0.4, -0.2) is 48.1 Å². The molecule has 1 aromatic carbocycles. The molecule has 1 N–H and O–H groups in total. The molecule has 2 heterocycles. The Bertz CT molecular complexity index is 839. The first-order valence-electron chi connectivity index (χ1n) is 10.3. The van der Waals surface area contributed by atoms with Gasteiger partial charge >= 0.3 is 0 Å². The van der Waals surface area contributed by atoms with Gasteiger partial charge in [-0.05, 0) is 50.5 Å². The fourth-order valence-electron chi connectivity index (χ4n) is 4.13. The van der Waals surface area contributed by atoms with Gasteiger partial charge in [0, 0.05) is 43.6 Å². The summed E-state index contributed by atoms with van der Waals surface area (Å²) < 4.78 is 0. The normalized spacial score (nSPS) is 17.8. The molecule has 6 nitrogen and oxygen atoms in total. The number of hydrogen-bond donors (Lipinski definition) is 1. The zero-order chi connectivity index (χ0) is 19.5. The van der Waals surface area contributed by atoms with E-state index in [9.17, 15) is 4.79 Å². The first-order chi connectivity index (χ1) is 13.6. The number of anilines is 2. The molecule has 1 amide bonds. The molecule has 148 valence electrons. The molecule has 2 aromatic rings. The summed E-state index contributed by atoms with van der Waals surface area (Å²) in [5, 5.41) is 3.13. The van der Waals surface area contributed by atoms with E-state index in [4.69, 9.17) is 0 Å². The van der Waals surface area contributed by atoms with E-state index in [-0.39, 0.29) is 5.91 Å². The summed E-state index contributed by atoms with van der Waals surface area (Å²) in [6, 6.07) is 10.7. The van der Waals surface area contributed by atoms with Crippen LogP contribution in [0.4, 0.5) is 11.6 Å². The zero-order valence-electron chi connectivity index (χ0n) is 16.8. The van der Waals surface area contributed by atoms with Gasteiger partial charge in [-0.2, -0.15) is 0 Å². The second kappa shape index (κ2) is 8.17. The number of benzene rings is 1. The zero-order valence-corrected chi connectivity index (χ0v) is 16.8. The molecule has 0 bridgehead atoms. The van der Waals surface area contributed by atoms with Crippen LogP contribution in [0.5, 0.6) is 0 Å². The molecule has 6 heteroatoms. The van der Waals surface area contributed by atoms with Crippen LogP contribution in [0.15, 0.2) is 30.3 Å². The van der Waals surface area contributed by atoms with Crippen LogP contribution in [0, 0.1) is 13.8 Å². The summed E-state index contributed by atoms with van der Waals surface area (Å²) in [4.78, 5) is 26.4. The third-order valence-corrected chi connectivity index (χ3v) is 5.69. The van der Waals surface area contributed by atoms with Crippen molar-refractivity contribution in [3.8, 4) is 0 Å². The number of carbonyl (C=O) groups is 1. The van der Waals surface area contributed by atoms with Gasteiger partial charge in [-0.1, -0.05) is 25.0 Å². The molecule has 1 saturated heterocycles. The lowest BCUT2D eigenvalue weighted by Gasteiger charge is -2.36. The molecule has 2 fully saturated rings. The molecule has 1 aliphatic heterocycles. The van der Waals surface area contributed by atoms with Crippen LogP contribution < -0.4 is 15.1 Å². The molecule has 0 radical (unpaired) electrons. The van der Waals surface area contributed by atoms with Crippen molar-refractivity contribution in [3.63, 3.8) is 0 Å². The number of rotatable bonds is 4. The highest BCUT2D eigenvalue weighted by Crippen LogP contribution is 2.21. The van der Waals surface area contributed by atoms with Gasteiger partial charge in [0.15, 0.2) is 0 Å². The predicted molar refractivity (Wildman–Crippen MR) is 112 cm³/mol. The number of hydrogen-bond acceptors (Lipinski definition) is 5. The summed E-state index contributed by atoms with van der Waals surface area (Å²) in [7, 11) is 0. The average molecular weight is 380 g/mol. The Kier molecular flexibility index (Phi) is 5.46. The molecule has 2 aliphatic rings. The topological polar surface area (TPSA) is 61.4 Å². The smallest absolute Gasteiger partial charge is 0.270 e. The summed E-state index contributed by atoms with van der Waals surface area (Å²) in [5.41, 5.74) is 3.86. The van der Waals surface area contributed by atoms with E-state index < -0.39 is 0 Å². The van der Waals surface area contributed by atoms with Gasteiger partial charge in [0.05, 0.1) is 0 Å². The molecular formula is C22H29N5O. The van der Waals surface area contributed by atoms with Gasteiger partial charge in [0.2, 0.25) is 5.95 Å². The minimum Gasteiger partial charge on any atom is -0.368 e. The second-order valence-electron chi connectivity index (χ2n) is 7.96. The summed E-state index contributed by atoms with van der Waals surface area (Å²) in [6.07, 6.45) is 4.54. The monoisotopic (exact) mass is 379 g/mol. The Hall–Kier alpha value is -2.63. The second-order valence-corrected chi connectivity index (χ2v) is 7.96. The minimum atomic E-state index is -0.0722. The number of carbonyl (C=O) groups excluding carboxylic acids is 1. The van der Waals surface area contributed by atoms with Gasteiger partial charge < -0.3 is 15.1 Å². The van der Waals surface area contributed by atoms with Crippen LogP contribution in [-0.2, 0) is 0 Å². The molecule has 0 atom stereocenters. The molecule has 0 spiro atoms. The molecule has 28 heavy (non-hydrogen) atoms. The van der Waals surface area contributed by atoms with Gasteiger partial charge in [0.25, 0.3) is 5.91 Å². The standard InChI is InChI=1S/C22H29N5O/c1-16-6-5-9-19(14-16)26-10-12-27(13-11-26)22-23-17(2)15-20(25-22)21(28)24-18-7-3-4-8-18/h5-6,9,14-15,18H,3-4,7-8,10-13H2,1-2H3,(H,24,28). The highest BCUT2D eigenvalue weighted by molar-refractivity contribution is 5.92. The van der Waals surface area contributed by atoms with Crippen LogP contribution in [0.2, 0.25) is 0 Å². The van der Waals surface area contributed by atoms with E-state index in [1.165, 1.54) is 24.1 Å². The van der Waals surface area contributed by atoms with Crippen molar-refractivity contribution < 1.29 is 4.79 Å². The van der Waals surface area contributed by atoms with Crippen molar-refractivity contribution in [2.24, 2.45) is 0 Å². The van der Waals surface area contributed by atoms with E-state index in [0.29, 0.717) is 17.7 Å². The van der Waals surface area contributed by atoms with Crippen molar-refractivity contribution in [1.82, 2.24) is 15.3 Å². The molecule has 4 rings (SSSR count). The Labute approximate surface area is 167 Å². The Balaban J connectivity index is 1.43. The number of nitrogens with one attached hydrogen (secondary N) is 1. The maximum absolute atomic E-state index is 12.6. The first-order valence-corrected chi connectivity index (χ1v) is 10.3. The van der Waals surface area contributed by atoms with Crippen molar-refractivity contribution in [2.75, 3.05) is 36.0 Å². The average Bonchev–Trinajstić information content (AvgIpc) is 3.21. The number of piperazine rings is 1. The highest BCUT2D eigenvalue weighted by atomic mass is 16.1. The summed E-state index contributed by atoms with van der Waals surface area (Å²) in [5.74, 6) is 0.595. The fourth-order valence-corrected chi connectivity index (χ4v) is 4.13. The Morgan fingerprint density at radius 1 is 1.00 bits per heavy atom. The number of aryl methyl sites for hydroxylation is 2. The molecular weight excluding hydrogens is 350 g/mol. The molecule has 1 aliphatic carbocycles. The van der Waals surface area contributed by atoms with Gasteiger partial charge in [-0.15, -0.1) is 0 Å². The number of nitrogens with zero attached hydrogens (tertiary/aromatic N) is 4. The largest absolute Gasteiger partial charge is 0.368 e. The van der Waals surface area contributed by atoms with E-state index in [1.54, 1.807) is 6.07 Å². The molecule has 1 aromatic heterocycles. The van der Waals surface area contributed by atoms with E-state index in [0.717, 1.165) is 44.7 Å². The van der Waals surface area contributed by atoms with E-state index in [2.05, 4.69) is 56.3 Å². The van der Waals surface area contributed by atoms with E-state index >= 15 is 0 Å². The van der Waals surface area contributed by atoms with Crippen molar-refractivity contribution in [1.29, 1.82) is 0 Å². The van der Waals surface area contributed by atoms with Crippen LogP contribution in [0.1, 0.15) is 47.4 Å². The van der Waals surface area contributed by atoms with Crippen LogP contribution in [0.3, 0.4) is 0 Å². The van der Waals surface area contributed by atoms with Crippen molar-refractivity contribution in [2.45, 2.75) is 45.6 Å². The van der Waals surface area contributed by atoms with Crippen LogP contribution >= 0.6 is 0 Å². The third-order valence-electron chi connectivity index (χ3n) is 5.69. The van der Waals surface area contributed by atoms with Gasteiger partial charge in [-0.3, -0.25) is 4.79 Å². The maximum Gasteiger partial charge on any atom is 0.270 e. The lowest BCUT2D eigenvalue weighted by Crippen LogP contribution is -2.47. The maximum atomic E-state index is 12.6. The number of amides is 1. The Morgan fingerprint density at radius 2 is 1.71 bits per heavy atom. The molecule has 1 saturated carbocycles. The fraction of sp³-hybridized carbons (Fsp3) is 0.500. The predicted octanol–water partition coefficient (Wildman–Crippen LogP) is 3.09. The quantitative estimate of drug-likeness (QED) is 0.885. The summed E-state index contributed by atoms with van der Waals surface area (Å²) >= 11 is 0. The Morgan fingerprint density at radius 3 is 2.43 bits per heavy atom. The third kappa shape index (κ3) is 4.26. The summed E-state index contributed by atoms with van der Waals surface area (Å²) in [6.45, 7) is 7.59. The molecule has 0 unspecified atom stereocenters. The van der Waals surface area contributed by atoms with Crippen molar-refractivity contribution >= 4 is 17.5 Å². The lowest BCUT2D eigenvalue weighted by molar-refractivity contribution is 0.0932. The van der Waals surface area contributed by atoms with Crippen molar-refractivity contribution in [3.05, 3.63) is 47.3 Å².